The molecule has 12 atom stereocenters. The molecule has 0 bridgehead atoms. The van der Waals surface area contributed by atoms with Crippen LogP contribution in [-0.2, 0) is 23.7 Å². The Balaban J connectivity index is 1.65. The Morgan fingerprint density at radius 3 is 1.20 bits per heavy atom. The molecular formula is C78H133NO13. The summed E-state index contributed by atoms with van der Waals surface area (Å²) in [7, 11) is 0. The monoisotopic (exact) mass is 1290 g/mol. The van der Waals surface area contributed by atoms with Crippen LogP contribution in [0.3, 0.4) is 0 Å². The van der Waals surface area contributed by atoms with Gasteiger partial charge in [-0.05, 0) is 103 Å². The van der Waals surface area contributed by atoms with Gasteiger partial charge in [0.15, 0.2) is 12.6 Å². The van der Waals surface area contributed by atoms with E-state index < -0.39 is 86.8 Å². The first-order chi connectivity index (χ1) is 45.1. The van der Waals surface area contributed by atoms with E-state index in [4.69, 9.17) is 18.9 Å². The lowest BCUT2D eigenvalue weighted by Gasteiger charge is -2.46. The maximum atomic E-state index is 13.3. The number of amides is 1. The molecule has 0 aromatic carbocycles. The Bertz CT molecular complexity index is 2010. The number of carbonyl (C=O) groups is 1. The van der Waals surface area contributed by atoms with E-state index in [1.807, 2.05) is 6.08 Å². The summed E-state index contributed by atoms with van der Waals surface area (Å²) in [6.45, 7) is 2.67. The fourth-order valence-electron chi connectivity index (χ4n) is 11.3. The van der Waals surface area contributed by atoms with E-state index in [1.165, 1.54) is 148 Å². The summed E-state index contributed by atoms with van der Waals surface area (Å²) in [5, 5.41) is 87.4. The van der Waals surface area contributed by atoms with Crippen molar-refractivity contribution in [1.29, 1.82) is 0 Å². The zero-order chi connectivity index (χ0) is 66.6. The van der Waals surface area contributed by atoms with Crippen LogP contribution in [0.15, 0.2) is 122 Å². The molecule has 92 heavy (non-hydrogen) atoms. The van der Waals surface area contributed by atoms with Crippen molar-refractivity contribution in [3.63, 3.8) is 0 Å². The fraction of sp³-hybridized carbons (Fsp3) is 0.731. The number of ether oxygens (including phenoxy) is 4. The second-order valence-corrected chi connectivity index (χ2v) is 25.3. The van der Waals surface area contributed by atoms with E-state index >= 15 is 0 Å². The maximum Gasteiger partial charge on any atom is 0.220 e. The number of hydrogen-bond donors (Lipinski definition) is 9. The van der Waals surface area contributed by atoms with Crippen LogP contribution in [0.25, 0.3) is 0 Å². The minimum absolute atomic E-state index is 0.256. The number of aliphatic hydroxyl groups is 8. The van der Waals surface area contributed by atoms with Gasteiger partial charge in [0.2, 0.25) is 5.91 Å². The molecule has 2 aliphatic heterocycles. The molecule has 0 aromatic rings. The molecule has 2 heterocycles. The Hall–Kier alpha value is -3.61. The zero-order valence-electron chi connectivity index (χ0n) is 57.5. The van der Waals surface area contributed by atoms with Crippen molar-refractivity contribution in [2.45, 2.75) is 344 Å². The molecule has 2 saturated heterocycles. The van der Waals surface area contributed by atoms with Gasteiger partial charge in [-0.25, -0.2) is 0 Å². The number of hydrogen-bond acceptors (Lipinski definition) is 13. The van der Waals surface area contributed by atoms with E-state index in [9.17, 15) is 45.6 Å². The maximum absolute atomic E-state index is 13.3. The molecule has 2 aliphatic rings. The Morgan fingerprint density at radius 1 is 0.402 bits per heavy atom. The Kier molecular flexibility index (Phi) is 56.0. The highest BCUT2D eigenvalue weighted by Crippen LogP contribution is 2.30. The first kappa shape index (κ1) is 84.5. The number of nitrogens with one attached hydrogen (secondary N) is 1. The molecule has 0 saturated carbocycles. The molecule has 14 heteroatoms. The lowest BCUT2D eigenvalue weighted by atomic mass is 9.97. The summed E-state index contributed by atoms with van der Waals surface area (Å²) in [6, 6.07) is -0.946. The minimum Gasteiger partial charge on any atom is -0.394 e. The second kappa shape index (κ2) is 61.0. The van der Waals surface area contributed by atoms with Gasteiger partial charge in [0.1, 0.15) is 48.8 Å². The predicted octanol–water partition coefficient (Wildman–Crippen LogP) is 15.7. The molecular weight excluding hydrogens is 1160 g/mol. The average Bonchev–Trinajstić information content (AvgIpc) is 0.915. The number of allylic oxidation sites excluding steroid dienone is 19. The summed E-state index contributed by atoms with van der Waals surface area (Å²) in [4.78, 5) is 13.3. The minimum atomic E-state index is -1.80. The molecule has 0 aliphatic carbocycles. The fourth-order valence-corrected chi connectivity index (χ4v) is 11.3. The number of unbranched alkanes of at least 4 members (excludes halogenated alkanes) is 28. The zero-order valence-corrected chi connectivity index (χ0v) is 57.5. The van der Waals surface area contributed by atoms with Crippen LogP contribution in [0, 0.1) is 0 Å². The topological polar surface area (TPSA) is 228 Å². The van der Waals surface area contributed by atoms with Gasteiger partial charge < -0.3 is 65.1 Å². The van der Waals surface area contributed by atoms with Gasteiger partial charge in [-0.15, -0.1) is 0 Å². The van der Waals surface area contributed by atoms with E-state index in [1.54, 1.807) is 6.08 Å². The standard InChI is InChI=1S/C78H133NO13/c1-3-5-7-9-11-13-15-17-19-21-23-25-26-27-28-29-30-31-32-33-34-35-36-37-38-39-40-42-44-46-48-50-52-54-56-58-60-62-70(83)79-66(67(82)61-59-57-55-53-51-49-47-45-43-41-24-22-20-18-16-14-12-10-8-6-4-2)65-89-77-75(88)73(86)76(69(64-81)91-77)92-78-74(87)72(85)71(84)68(63-80)90-78/h5,7,11,13,17,19,23,25,27-28,30-31,33-34,43,45,51,53,59,61,66-69,71-78,80-82,84-88H,3-4,6,8-10,12,14-16,18,20-22,24,26,29,32,35-42,44,46-50,52,54-58,60,62-65H2,1-2H3,(H,79,83)/b7-5-,13-11-,19-17-,25-23-,28-27-,31-30-,34-33-,45-43+,53-51+,61-59+. The van der Waals surface area contributed by atoms with Crippen molar-refractivity contribution >= 4 is 5.91 Å². The lowest BCUT2D eigenvalue weighted by molar-refractivity contribution is -0.359. The van der Waals surface area contributed by atoms with Gasteiger partial charge in [-0.3, -0.25) is 4.79 Å². The number of rotatable bonds is 59. The van der Waals surface area contributed by atoms with Gasteiger partial charge in [0.05, 0.1) is 32.0 Å². The van der Waals surface area contributed by atoms with Gasteiger partial charge >= 0.3 is 0 Å². The van der Waals surface area contributed by atoms with Crippen LogP contribution in [0.4, 0.5) is 0 Å². The van der Waals surface area contributed by atoms with E-state index in [2.05, 4.69) is 129 Å². The third-order valence-electron chi connectivity index (χ3n) is 17.1. The normalized spacial score (nSPS) is 23.4. The van der Waals surface area contributed by atoms with Crippen molar-refractivity contribution < 1.29 is 64.6 Å². The van der Waals surface area contributed by atoms with Gasteiger partial charge in [-0.2, -0.15) is 0 Å². The van der Waals surface area contributed by atoms with Crippen LogP contribution in [-0.4, -0.2) is 140 Å². The van der Waals surface area contributed by atoms with E-state index in [-0.39, 0.29) is 18.9 Å². The second-order valence-electron chi connectivity index (χ2n) is 25.3. The summed E-state index contributed by atoms with van der Waals surface area (Å²) in [5.41, 5.74) is 0. The summed E-state index contributed by atoms with van der Waals surface area (Å²) in [6.07, 6.45) is 72.6. The summed E-state index contributed by atoms with van der Waals surface area (Å²) >= 11 is 0. The first-order valence-corrected chi connectivity index (χ1v) is 36.8. The molecule has 2 fully saturated rings. The van der Waals surface area contributed by atoms with Crippen molar-refractivity contribution in [3.05, 3.63) is 122 Å². The smallest absolute Gasteiger partial charge is 0.220 e. The summed E-state index contributed by atoms with van der Waals surface area (Å²) in [5.74, 6) is -0.256. The quantitative estimate of drug-likeness (QED) is 0.0204. The van der Waals surface area contributed by atoms with Crippen LogP contribution in [0.5, 0.6) is 0 Å². The first-order valence-electron chi connectivity index (χ1n) is 36.8. The average molecular weight is 1290 g/mol. The third-order valence-corrected chi connectivity index (χ3v) is 17.1. The summed E-state index contributed by atoms with van der Waals surface area (Å²) < 4.78 is 22.8. The SMILES string of the molecule is CC/C=C\C/C=C\C/C=C\C/C=C\C/C=C\C/C=C\C/C=C\CCCCCCCCCCCCCCCCCC(=O)NC(COC1OC(CO)C(OC2OC(CO)C(O)C(O)C2O)C(O)C1O)C(O)/C=C/CC/C=C/CC/C=C/CCCCCCCCCCCCC. The number of carbonyl (C=O) groups excluding carboxylic acids is 1. The van der Waals surface area contributed by atoms with Gasteiger partial charge in [0, 0.05) is 6.42 Å². The van der Waals surface area contributed by atoms with E-state index in [0.717, 1.165) is 89.9 Å². The molecule has 0 aromatic heterocycles. The van der Waals surface area contributed by atoms with Crippen molar-refractivity contribution in [3.8, 4) is 0 Å². The molecule has 1 amide bonds. The van der Waals surface area contributed by atoms with Gasteiger partial charge in [-0.1, -0.05) is 283 Å². The molecule has 528 valence electrons. The number of aliphatic hydroxyl groups excluding tert-OH is 8. The molecule has 14 nitrogen and oxygen atoms in total. The molecule has 2 rings (SSSR count). The molecule has 0 radical (unpaired) electrons. The molecule has 0 spiro atoms. The highest BCUT2D eigenvalue weighted by Gasteiger charge is 2.51. The molecule has 12 unspecified atom stereocenters. The van der Waals surface area contributed by atoms with E-state index in [0.29, 0.717) is 12.8 Å². The Morgan fingerprint density at radius 2 is 0.761 bits per heavy atom. The van der Waals surface area contributed by atoms with Crippen LogP contribution < -0.4 is 5.32 Å². The third kappa shape index (κ3) is 44.2. The highest BCUT2D eigenvalue weighted by atomic mass is 16.7. The van der Waals surface area contributed by atoms with Crippen molar-refractivity contribution in [2.75, 3.05) is 19.8 Å². The largest absolute Gasteiger partial charge is 0.394 e. The van der Waals surface area contributed by atoms with Crippen molar-refractivity contribution in [2.24, 2.45) is 0 Å². The highest BCUT2D eigenvalue weighted by molar-refractivity contribution is 5.76. The van der Waals surface area contributed by atoms with Crippen LogP contribution in [0.1, 0.15) is 271 Å². The Labute approximate surface area is 558 Å². The van der Waals surface area contributed by atoms with Crippen molar-refractivity contribution in [1.82, 2.24) is 5.32 Å². The predicted molar refractivity (Wildman–Crippen MR) is 378 cm³/mol. The van der Waals surface area contributed by atoms with Gasteiger partial charge in [0.25, 0.3) is 0 Å². The molecule has 9 N–H and O–H groups in total. The van der Waals surface area contributed by atoms with Crippen LogP contribution in [0.2, 0.25) is 0 Å². The lowest BCUT2D eigenvalue weighted by Crippen LogP contribution is -2.65. The van der Waals surface area contributed by atoms with Crippen LogP contribution >= 0.6 is 0 Å².